The zero-order valence-corrected chi connectivity index (χ0v) is 13.6. The minimum Gasteiger partial charge on any atom is -0.393 e. The van der Waals surface area contributed by atoms with E-state index in [2.05, 4.69) is 44.2 Å². The van der Waals surface area contributed by atoms with Gasteiger partial charge >= 0.3 is 0 Å². The first-order valence-corrected chi connectivity index (χ1v) is 8.22. The highest BCUT2D eigenvalue weighted by Crippen LogP contribution is 2.31. The highest BCUT2D eigenvalue weighted by Gasteiger charge is 2.24. The number of nitrogens with zero attached hydrogens (tertiary/aromatic N) is 5. The average molecular weight is 305 g/mol. The number of nitrogens with one attached hydrogen (secondary N) is 1. The molecule has 3 heterocycles. The molecule has 2 aliphatic rings. The number of hydrazine groups is 1. The summed E-state index contributed by atoms with van der Waals surface area (Å²) >= 11 is 0. The lowest BCUT2D eigenvalue weighted by Crippen LogP contribution is -2.47. The molecule has 1 aromatic rings. The lowest BCUT2D eigenvalue weighted by atomic mass is 10.0. The molecule has 22 heavy (non-hydrogen) atoms. The monoisotopic (exact) mass is 305 g/mol. The maximum absolute atomic E-state index is 6.35. The zero-order chi connectivity index (χ0) is 15.5. The van der Waals surface area contributed by atoms with Crippen LogP contribution >= 0.6 is 0 Å². The molecule has 7 heteroatoms. The Morgan fingerprint density at radius 3 is 2.64 bits per heavy atom. The van der Waals surface area contributed by atoms with Crippen molar-refractivity contribution in [3.63, 3.8) is 0 Å². The van der Waals surface area contributed by atoms with Gasteiger partial charge in [0, 0.05) is 38.8 Å². The Hall–Kier alpha value is -1.60. The van der Waals surface area contributed by atoms with Crippen LogP contribution in [0, 0.1) is 0 Å². The number of nitrogen functional groups attached to an aromatic ring is 1. The van der Waals surface area contributed by atoms with Crippen molar-refractivity contribution in [2.45, 2.75) is 32.2 Å². The molecule has 0 amide bonds. The largest absolute Gasteiger partial charge is 0.393 e. The van der Waals surface area contributed by atoms with Crippen molar-refractivity contribution >= 4 is 17.3 Å². The second-order valence-electron chi connectivity index (χ2n) is 6.40. The molecule has 122 valence electrons. The highest BCUT2D eigenvalue weighted by molar-refractivity contribution is 5.74. The third kappa shape index (κ3) is 3.25. The summed E-state index contributed by atoms with van der Waals surface area (Å²) in [5.41, 5.74) is 10.4. The predicted octanol–water partition coefficient (Wildman–Crippen LogP) is 1.01. The molecule has 3 N–H and O–H groups in total. The van der Waals surface area contributed by atoms with Crippen molar-refractivity contribution in [3.8, 4) is 0 Å². The van der Waals surface area contributed by atoms with Crippen molar-refractivity contribution in [2.75, 3.05) is 55.8 Å². The van der Waals surface area contributed by atoms with Gasteiger partial charge in [-0.2, -0.15) is 0 Å². The molecule has 0 aromatic carbocycles. The van der Waals surface area contributed by atoms with Gasteiger partial charge in [0.1, 0.15) is 12.0 Å². The van der Waals surface area contributed by atoms with Crippen LogP contribution in [0.1, 0.15) is 26.2 Å². The van der Waals surface area contributed by atoms with E-state index < -0.39 is 0 Å². The van der Waals surface area contributed by atoms with Gasteiger partial charge in [-0.05, 0) is 33.2 Å². The highest BCUT2D eigenvalue weighted by atomic mass is 15.5. The summed E-state index contributed by atoms with van der Waals surface area (Å²) in [6, 6.07) is 0.488. The van der Waals surface area contributed by atoms with Gasteiger partial charge in [0.15, 0.2) is 11.6 Å². The molecule has 0 bridgehead atoms. The van der Waals surface area contributed by atoms with Crippen molar-refractivity contribution in [2.24, 2.45) is 0 Å². The summed E-state index contributed by atoms with van der Waals surface area (Å²) < 4.78 is 0. The Morgan fingerprint density at radius 1 is 1.14 bits per heavy atom. The second-order valence-corrected chi connectivity index (χ2v) is 6.40. The van der Waals surface area contributed by atoms with Crippen LogP contribution in [0.5, 0.6) is 0 Å². The standard InChI is InChI=1S/C15H27N7/c1-12-5-3-4-6-22(12)15-13(16)14(17-11-18-15)19-21-9-7-20(2)8-10-21/h11-12H,3-10,16H2,1-2H3,(H,17,18,19). The van der Waals surface area contributed by atoms with E-state index in [1.807, 2.05) is 0 Å². The van der Waals surface area contributed by atoms with Crippen LogP contribution < -0.4 is 16.1 Å². The molecule has 2 aliphatic heterocycles. The molecule has 2 saturated heterocycles. The summed E-state index contributed by atoms with van der Waals surface area (Å²) in [5, 5.41) is 2.18. The molecule has 0 radical (unpaired) electrons. The molecule has 7 nitrogen and oxygen atoms in total. The predicted molar refractivity (Wildman–Crippen MR) is 89.8 cm³/mol. The molecule has 2 fully saturated rings. The third-order valence-electron chi connectivity index (χ3n) is 4.71. The topological polar surface area (TPSA) is 73.6 Å². The van der Waals surface area contributed by atoms with E-state index in [9.17, 15) is 0 Å². The number of rotatable bonds is 3. The molecule has 1 unspecified atom stereocenters. The number of likely N-dealkylation sites (N-methyl/N-ethyl adjacent to an activating group) is 1. The number of hydrogen-bond acceptors (Lipinski definition) is 7. The van der Waals surface area contributed by atoms with E-state index in [1.165, 1.54) is 19.3 Å². The Bertz CT molecular complexity index is 499. The number of anilines is 3. The van der Waals surface area contributed by atoms with Crippen LogP contribution in [0.3, 0.4) is 0 Å². The molecule has 0 spiro atoms. The first-order chi connectivity index (χ1) is 10.6. The number of nitrogens with two attached hydrogens (primary N) is 1. The number of aromatic nitrogens is 2. The zero-order valence-electron chi connectivity index (χ0n) is 13.6. The van der Waals surface area contributed by atoms with Crippen LogP contribution in [0.2, 0.25) is 0 Å². The van der Waals surface area contributed by atoms with E-state index >= 15 is 0 Å². The Kier molecular flexibility index (Phi) is 4.63. The normalized spacial score (nSPS) is 24.5. The van der Waals surface area contributed by atoms with Gasteiger partial charge in [0.25, 0.3) is 0 Å². The number of piperidine rings is 1. The summed E-state index contributed by atoms with van der Waals surface area (Å²) in [4.78, 5) is 13.4. The van der Waals surface area contributed by atoms with E-state index in [4.69, 9.17) is 5.73 Å². The number of piperazine rings is 1. The molecule has 0 saturated carbocycles. The average Bonchev–Trinajstić information content (AvgIpc) is 2.52. The number of hydrogen-bond donors (Lipinski definition) is 2. The van der Waals surface area contributed by atoms with E-state index in [0.717, 1.165) is 44.4 Å². The molecular formula is C15H27N7. The van der Waals surface area contributed by atoms with Gasteiger partial charge < -0.3 is 21.0 Å². The first-order valence-electron chi connectivity index (χ1n) is 8.22. The first kappa shape index (κ1) is 15.3. The summed E-state index contributed by atoms with van der Waals surface area (Å²) in [7, 11) is 2.15. The Labute approximate surface area is 132 Å². The van der Waals surface area contributed by atoms with Gasteiger partial charge in [-0.25, -0.2) is 15.0 Å². The van der Waals surface area contributed by atoms with E-state index in [1.54, 1.807) is 6.33 Å². The van der Waals surface area contributed by atoms with Crippen molar-refractivity contribution in [3.05, 3.63) is 6.33 Å². The minimum absolute atomic E-state index is 0.488. The van der Waals surface area contributed by atoms with Crippen LogP contribution in [-0.2, 0) is 0 Å². The molecular weight excluding hydrogens is 278 g/mol. The quantitative estimate of drug-likeness (QED) is 0.863. The maximum Gasteiger partial charge on any atom is 0.169 e. The summed E-state index contributed by atoms with van der Waals surface area (Å²) in [5.74, 6) is 1.60. The lowest BCUT2D eigenvalue weighted by molar-refractivity contribution is 0.178. The molecule has 3 rings (SSSR count). The van der Waals surface area contributed by atoms with Crippen LogP contribution in [0.25, 0.3) is 0 Å². The summed E-state index contributed by atoms with van der Waals surface area (Å²) in [6.07, 6.45) is 5.31. The fourth-order valence-electron chi connectivity index (χ4n) is 3.19. The Morgan fingerprint density at radius 2 is 1.91 bits per heavy atom. The molecule has 1 atom stereocenters. The lowest BCUT2D eigenvalue weighted by Gasteiger charge is -2.36. The van der Waals surface area contributed by atoms with Gasteiger partial charge in [-0.1, -0.05) is 0 Å². The van der Waals surface area contributed by atoms with E-state index in [0.29, 0.717) is 11.7 Å². The van der Waals surface area contributed by atoms with Gasteiger partial charge in [-0.15, -0.1) is 0 Å². The molecule has 0 aliphatic carbocycles. The van der Waals surface area contributed by atoms with Crippen LogP contribution in [0.15, 0.2) is 6.33 Å². The fourth-order valence-corrected chi connectivity index (χ4v) is 3.19. The van der Waals surface area contributed by atoms with Crippen molar-refractivity contribution in [1.29, 1.82) is 0 Å². The van der Waals surface area contributed by atoms with Crippen LogP contribution in [0.4, 0.5) is 17.3 Å². The minimum atomic E-state index is 0.488. The van der Waals surface area contributed by atoms with Gasteiger partial charge in [-0.3, -0.25) is 0 Å². The molecule has 1 aromatic heterocycles. The van der Waals surface area contributed by atoms with Crippen molar-refractivity contribution in [1.82, 2.24) is 19.9 Å². The second kappa shape index (κ2) is 6.66. The fraction of sp³-hybridized carbons (Fsp3) is 0.733. The summed E-state index contributed by atoms with van der Waals surface area (Å²) in [6.45, 7) is 7.30. The van der Waals surface area contributed by atoms with Crippen molar-refractivity contribution < 1.29 is 0 Å². The Balaban J connectivity index is 1.74. The SMILES string of the molecule is CC1CCCCN1c1ncnc(NN2CCN(C)CC2)c1N. The van der Waals surface area contributed by atoms with Gasteiger partial charge in [0.2, 0.25) is 0 Å². The van der Waals surface area contributed by atoms with Gasteiger partial charge in [0.05, 0.1) is 0 Å². The van der Waals surface area contributed by atoms with E-state index in [-0.39, 0.29) is 0 Å². The third-order valence-corrected chi connectivity index (χ3v) is 4.71. The maximum atomic E-state index is 6.35. The smallest absolute Gasteiger partial charge is 0.169 e. The van der Waals surface area contributed by atoms with Crippen LogP contribution in [-0.4, -0.2) is 65.7 Å².